The van der Waals surface area contributed by atoms with Gasteiger partial charge in [-0.3, -0.25) is 0 Å². The molecule has 0 aliphatic heterocycles. The van der Waals surface area contributed by atoms with Crippen molar-refractivity contribution in [1.82, 2.24) is 0 Å². The minimum absolute atomic E-state index is 0. The van der Waals surface area contributed by atoms with E-state index in [1.54, 1.807) is 0 Å². The molecule has 1 aromatic carbocycles. The summed E-state index contributed by atoms with van der Waals surface area (Å²) in [5.74, 6) is 0.762. The molecular formula is C19H30ClN. The van der Waals surface area contributed by atoms with Crippen LogP contribution in [0.1, 0.15) is 44.1 Å². The third-order valence-electron chi connectivity index (χ3n) is 3.74. The van der Waals surface area contributed by atoms with E-state index in [-0.39, 0.29) is 12.4 Å². The van der Waals surface area contributed by atoms with Crippen LogP contribution < -0.4 is 17.7 Å². The Morgan fingerprint density at radius 3 is 2.24 bits per heavy atom. The van der Waals surface area contributed by atoms with Gasteiger partial charge in [0.05, 0.1) is 6.54 Å². The van der Waals surface area contributed by atoms with Crippen molar-refractivity contribution < 1.29 is 17.7 Å². The van der Waals surface area contributed by atoms with Crippen LogP contribution in [0.2, 0.25) is 0 Å². The average Bonchev–Trinajstić information content (AvgIpc) is 2.47. The molecule has 0 amide bonds. The second-order valence-corrected chi connectivity index (χ2v) is 5.53. The van der Waals surface area contributed by atoms with Gasteiger partial charge in [0.2, 0.25) is 0 Å². The van der Waals surface area contributed by atoms with Gasteiger partial charge in [-0.1, -0.05) is 48.9 Å². The standard InChI is InChI=1S/C19H29N.ClH/c1-3-11-18(12-4-2)13-9-6-10-16-20-17-19-14-7-5-8-15-19;/h3-5,7-8,14-15,18,20H,1-2,6,9-13,16-17H2;1H. The van der Waals surface area contributed by atoms with E-state index in [0.29, 0.717) is 0 Å². The van der Waals surface area contributed by atoms with Crippen molar-refractivity contribution in [3.8, 4) is 0 Å². The quantitative estimate of drug-likeness (QED) is 0.440. The number of rotatable bonds is 12. The molecule has 1 nitrogen and oxygen atoms in total. The number of allylic oxidation sites excluding steroid dienone is 2. The molecule has 0 saturated heterocycles. The largest absolute Gasteiger partial charge is 1.00 e. The van der Waals surface area contributed by atoms with Gasteiger partial charge in [-0.25, -0.2) is 0 Å². The van der Waals surface area contributed by atoms with Crippen molar-refractivity contribution in [3.63, 3.8) is 0 Å². The molecule has 118 valence electrons. The van der Waals surface area contributed by atoms with Crippen molar-refractivity contribution in [1.29, 1.82) is 0 Å². The van der Waals surface area contributed by atoms with E-state index < -0.39 is 0 Å². The van der Waals surface area contributed by atoms with Crippen LogP contribution >= 0.6 is 0 Å². The molecular weight excluding hydrogens is 278 g/mol. The summed E-state index contributed by atoms with van der Waals surface area (Å²) in [4.78, 5) is 0. The lowest BCUT2D eigenvalue weighted by Gasteiger charge is -2.12. The summed E-state index contributed by atoms with van der Waals surface area (Å²) in [6.07, 6.45) is 11.7. The Kier molecular flexibility index (Phi) is 13.2. The molecule has 0 heterocycles. The van der Waals surface area contributed by atoms with Gasteiger partial charge in [0.25, 0.3) is 0 Å². The molecule has 0 aliphatic rings. The number of unbranched alkanes of at least 4 members (excludes halogenated alkanes) is 2. The highest BCUT2D eigenvalue weighted by Gasteiger charge is 2.04. The molecule has 1 rings (SSSR count). The van der Waals surface area contributed by atoms with Gasteiger partial charge in [-0.2, -0.15) is 0 Å². The van der Waals surface area contributed by atoms with Gasteiger partial charge in [0.1, 0.15) is 6.54 Å². The van der Waals surface area contributed by atoms with E-state index in [2.05, 4.69) is 48.8 Å². The lowest BCUT2D eigenvalue weighted by molar-refractivity contribution is -0.671. The fourth-order valence-electron chi connectivity index (χ4n) is 2.58. The van der Waals surface area contributed by atoms with Crippen LogP contribution in [0, 0.1) is 5.92 Å². The predicted octanol–water partition coefficient (Wildman–Crippen LogP) is 1.08. The van der Waals surface area contributed by atoms with Crippen molar-refractivity contribution >= 4 is 0 Å². The maximum Gasteiger partial charge on any atom is 0.101 e. The summed E-state index contributed by atoms with van der Waals surface area (Å²) in [5, 5.41) is 2.42. The first-order valence-electron chi connectivity index (χ1n) is 7.94. The van der Waals surface area contributed by atoms with E-state index in [0.717, 1.165) is 25.3 Å². The van der Waals surface area contributed by atoms with E-state index in [1.807, 2.05) is 12.2 Å². The van der Waals surface area contributed by atoms with Gasteiger partial charge >= 0.3 is 0 Å². The first kappa shape index (κ1) is 19.9. The molecule has 2 heteroatoms. The second-order valence-electron chi connectivity index (χ2n) is 5.53. The van der Waals surface area contributed by atoms with Crippen LogP contribution in [-0.2, 0) is 6.54 Å². The van der Waals surface area contributed by atoms with Gasteiger partial charge < -0.3 is 17.7 Å². The Morgan fingerprint density at radius 2 is 1.62 bits per heavy atom. The Labute approximate surface area is 136 Å². The fourth-order valence-corrected chi connectivity index (χ4v) is 2.58. The molecule has 0 unspecified atom stereocenters. The monoisotopic (exact) mass is 307 g/mol. The average molecular weight is 308 g/mol. The van der Waals surface area contributed by atoms with Crippen LogP contribution in [0.4, 0.5) is 0 Å². The smallest absolute Gasteiger partial charge is 0.101 e. The minimum atomic E-state index is 0. The number of quaternary nitrogens is 1. The molecule has 21 heavy (non-hydrogen) atoms. The second kappa shape index (κ2) is 13.9. The molecule has 0 fully saturated rings. The van der Waals surface area contributed by atoms with Crippen molar-refractivity contribution in [2.45, 2.75) is 45.1 Å². The zero-order chi connectivity index (χ0) is 14.5. The van der Waals surface area contributed by atoms with Crippen molar-refractivity contribution in [3.05, 3.63) is 61.2 Å². The van der Waals surface area contributed by atoms with Gasteiger partial charge in [-0.05, 0) is 38.0 Å². The Balaban J connectivity index is 0.00000400. The molecule has 0 radical (unpaired) electrons. The summed E-state index contributed by atoms with van der Waals surface area (Å²) in [6, 6.07) is 10.7. The number of hydrogen-bond acceptors (Lipinski definition) is 0. The lowest BCUT2D eigenvalue weighted by Crippen LogP contribution is -3.00. The number of hydrogen-bond donors (Lipinski definition) is 1. The molecule has 0 atom stereocenters. The molecule has 1 aromatic rings. The van der Waals surface area contributed by atoms with Gasteiger partial charge in [-0.15, -0.1) is 13.2 Å². The van der Waals surface area contributed by atoms with E-state index in [4.69, 9.17) is 0 Å². The Morgan fingerprint density at radius 1 is 0.952 bits per heavy atom. The Hall–Kier alpha value is -1.05. The number of halogens is 1. The summed E-state index contributed by atoms with van der Waals surface area (Å²) < 4.78 is 0. The summed E-state index contributed by atoms with van der Waals surface area (Å²) >= 11 is 0. The number of nitrogens with two attached hydrogens (primary N) is 1. The number of benzene rings is 1. The van der Waals surface area contributed by atoms with Gasteiger partial charge in [0.15, 0.2) is 0 Å². The molecule has 0 bridgehead atoms. The summed E-state index contributed by atoms with van der Waals surface area (Å²) in [6.45, 7) is 10.0. The zero-order valence-corrected chi connectivity index (χ0v) is 13.9. The normalized spacial score (nSPS) is 10.1. The summed E-state index contributed by atoms with van der Waals surface area (Å²) in [7, 11) is 0. The summed E-state index contributed by atoms with van der Waals surface area (Å²) in [5.41, 5.74) is 1.42. The fraction of sp³-hybridized carbons (Fsp3) is 0.474. The highest BCUT2D eigenvalue weighted by molar-refractivity contribution is 5.12. The highest BCUT2D eigenvalue weighted by atomic mass is 35.5. The predicted molar refractivity (Wildman–Crippen MR) is 88.5 cm³/mol. The third-order valence-corrected chi connectivity index (χ3v) is 3.74. The maximum atomic E-state index is 3.84. The van der Waals surface area contributed by atoms with Crippen molar-refractivity contribution in [2.24, 2.45) is 5.92 Å². The lowest BCUT2D eigenvalue weighted by atomic mass is 9.94. The van der Waals surface area contributed by atoms with Crippen LogP contribution in [0.15, 0.2) is 55.6 Å². The zero-order valence-electron chi connectivity index (χ0n) is 13.1. The van der Waals surface area contributed by atoms with Gasteiger partial charge in [0, 0.05) is 5.56 Å². The van der Waals surface area contributed by atoms with Crippen LogP contribution in [0.3, 0.4) is 0 Å². The van der Waals surface area contributed by atoms with E-state index in [9.17, 15) is 0 Å². The first-order valence-corrected chi connectivity index (χ1v) is 7.94. The SMILES string of the molecule is C=CCC(CC=C)CCCCC[NH2+]Cc1ccccc1.[Cl-]. The van der Waals surface area contributed by atoms with E-state index >= 15 is 0 Å². The molecule has 0 aliphatic carbocycles. The maximum absolute atomic E-state index is 3.84. The van der Waals surface area contributed by atoms with E-state index in [1.165, 1.54) is 37.8 Å². The molecule has 0 aromatic heterocycles. The van der Waals surface area contributed by atoms with Crippen LogP contribution in [-0.4, -0.2) is 6.54 Å². The molecule has 2 N–H and O–H groups in total. The molecule has 0 saturated carbocycles. The highest BCUT2D eigenvalue weighted by Crippen LogP contribution is 2.18. The first-order chi connectivity index (χ1) is 9.86. The third kappa shape index (κ3) is 10.3. The minimum Gasteiger partial charge on any atom is -1.00 e. The Bertz CT molecular complexity index is 351. The topological polar surface area (TPSA) is 16.6 Å². The molecule has 0 spiro atoms. The van der Waals surface area contributed by atoms with Crippen LogP contribution in [0.5, 0.6) is 0 Å². The van der Waals surface area contributed by atoms with Crippen LogP contribution in [0.25, 0.3) is 0 Å². The van der Waals surface area contributed by atoms with Crippen molar-refractivity contribution in [2.75, 3.05) is 6.54 Å².